The van der Waals surface area contributed by atoms with E-state index in [1.807, 2.05) is 26.0 Å². The van der Waals surface area contributed by atoms with Crippen molar-refractivity contribution in [3.63, 3.8) is 0 Å². The fourth-order valence-electron chi connectivity index (χ4n) is 1.41. The zero-order chi connectivity index (χ0) is 10.6. The number of hydrogen-bond acceptors (Lipinski definition) is 3. The van der Waals surface area contributed by atoms with E-state index in [9.17, 15) is 5.11 Å². The number of hydrogen-bond donors (Lipinski definition) is 1. The van der Waals surface area contributed by atoms with Crippen LogP contribution in [0.15, 0.2) is 12.1 Å². The molecule has 2 atom stereocenters. The third kappa shape index (κ3) is 2.57. The van der Waals surface area contributed by atoms with Gasteiger partial charge >= 0.3 is 0 Å². The highest BCUT2D eigenvalue weighted by Crippen LogP contribution is 2.30. The summed E-state index contributed by atoms with van der Waals surface area (Å²) < 4.78 is 0. The molecule has 0 spiro atoms. The Hall–Kier alpha value is -0.850. The Morgan fingerprint density at radius 2 is 2.29 bits per heavy atom. The van der Waals surface area contributed by atoms with Crippen molar-refractivity contribution in [1.82, 2.24) is 0 Å². The molecule has 0 saturated carbocycles. The van der Waals surface area contributed by atoms with Crippen LogP contribution in [0.4, 0.5) is 0 Å². The van der Waals surface area contributed by atoms with E-state index < -0.39 is 6.10 Å². The number of nitrogens with zero attached hydrogens (tertiary/aromatic N) is 1. The van der Waals surface area contributed by atoms with Gasteiger partial charge in [-0.3, -0.25) is 0 Å². The zero-order valence-corrected chi connectivity index (χ0v) is 9.34. The van der Waals surface area contributed by atoms with Crippen LogP contribution in [0, 0.1) is 24.2 Å². The molecule has 1 aromatic heterocycles. The second-order valence-corrected chi connectivity index (χ2v) is 4.74. The standard InChI is InChI=1S/C11H15NOS/c1-3-4-9(7-12)11(13)10-6-5-8(2)14-10/h5-6,9,11,13H,3-4H2,1-2H3. The maximum absolute atomic E-state index is 9.91. The summed E-state index contributed by atoms with van der Waals surface area (Å²) in [6, 6.07) is 6.05. The number of aliphatic hydroxyl groups is 1. The van der Waals surface area contributed by atoms with Gasteiger partial charge in [-0.1, -0.05) is 13.3 Å². The lowest BCUT2D eigenvalue weighted by molar-refractivity contribution is 0.133. The monoisotopic (exact) mass is 209 g/mol. The summed E-state index contributed by atoms with van der Waals surface area (Å²) in [5.74, 6) is -0.266. The summed E-state index contributed by atoms with van der Waals surface area (Å²) in [5.41, 5.74) is 0. The van der Waals surface area contributed by atoms with E-state index in [4.69, 9.17) is 5.26 Å². The van der Waals surface area contributed by atoms with Crippen LogP contribution >= 0.6 is 11.3 Å². The van der Waals surface area contributed by atoms with Gasteiger partial charge in [-0.2, -0.15) is 5.26 Å². The molecule has 0 aromatic carbocycles. The van der Waals surface area contributed by atoms with Gasteiger partial charge in [0.1, 0.15) is 6.10 Å². The fourth-order valence-corrected chi connectivity index (χ4v) is 2.34. The normalized spacial score (nSPS) is 14.7. The topological polar surface area (TPSA) is 44.0 Å². The van der Waals surface area contributed by atoms with Crippen LogP contribution in [0.5, 0.6) is 0 Å². The van der Waals surface area contributed by atoms with E-state index in [2.05, 4.69) is 6.07 Å². The van der Waals surface area contributed by atoms with Crippen molar-refractivity contribution in [2.45, 2.75) is 32.8 Å². The molecule has 1 N–H and O–H groups in total. The van der Waals surface area contributed by atoms with Crippen LogP contribution in [0.1, 0.15) is 35.6 Å². The second kappa shape index (κ2) is 5.14. The first-order chi connectivity index (χ1) is 6.69. The molecule has 0 radical (unpaired) electrons. The van der Waals surface area contributed by atoms with Crippen LogP contribution in [0.3, 0.4) is 0 Å². The maximum Gasteiger partial charge on any atom is 0.104 e. The van der Waals surface area contributed by atoms with Crippen LogP contribution < -0.4 is 0 Å². The molecule has 0 amide bonds. The summed E-state index contributed by atoms with van der Waals surface area (Å²) in [4.78, 5) is 2.08. The summed E-state index contributed by atoms with van der Waals surface area (Å²) in [7, 11) is 0. The molecule has 0 aliphatic carbocycles. The molecule has 0 saturated heterocycles. The minimum Gasteiger partial charge on any atom is -0.386 e. The third-order valence-electron chi connectivity index (χ3n) is 2.20. The number of nitriles is 1. The molecule has 1 heterocycles. The number of thiophene rings is 1. The van der Waals surface area contributed by atoms with E-state index in [0.717, 1.165) is 17.7 Å². The van der Waals surface area contributed by atoms with E-state index in [0.29, 0.717) is 0 Å². The molecule has 3 heteroatoms. The average Bonchev–Trinajstić information content (AvgIpc) is 2.60. The Balaban J connectivity index is 2.73. The molecule has 2 unspecified atom stereocenters. The van der Waals surface area contributed by atoms with Gasteiger partial charge in [0.05, 0.1) is 12.0 Å². The molecule has 76 valence electrons. The first kappa shape index (κ1) is 11.2. The zero-order valence-electron chi connectivity index (χ0n) is 8.53. The predicted octanol–water partition coefficient (Wildman–Crippen LogP) is 3.03. The van der Waals surface area contributed by atoms with Gasteiger partial charge in [-0.05, 0) is 25.5 Å². The van der Waals surface area contributed by atoms with Gasteiger partial charge in [0.25, 0.3) is 0 Å². The smallest absolute Gasteiger partial charge is 0.104 e. The lowest BCUT2D eigenvalue weighted by Gasteiger charge is -2.13. The lowest BCUT2D eigenvalue weighted by atomic mass is 9.98. The molecule has 0 fully saturated rings. The molecular formula is C11H15NOS. The minimum atomic E-state index is -0.612. The van der Waals surface area contributed by atoms with Crippen LogP contribution in [0.2, 0.25) is 0 Å². The van der Waals surface area contributed by atoms with E-state index >= 15 is 0 Å². The highest BCUT2D eigenvalue weighted by molar-refractivity contribution is 7.12. The SMILES string of the molecule is CCCC(C#N)C(O)c1ccc(C)s1. The van der Waals surface area contributed by atoms with E-state index in [1.165, 1.54) is 4.88 Å². The summed E-state index contributed by atoms with van der Waals surface area (Å²) in [5, 5.41) is 18.8. The second-order valence-electron chi connectivity index (χ2n) is 3.42. The van der Waals surface area contributed by atoms with Crippen molar-refractivity contribution in [3.8, 4) is 6.07 Å². The molecular weight excluding hydrogens is 194 g/mol. The van der Waals surface area contributed by atoms with Gasteiger partial charge in [-0.15, -0.1) is 11.3 Å². The van der Waals surface area contributed by atoms with Crippen molar-refractivity contribution in [3.05, 3.63) is 21.9 Å². The van der Waals surface area contributed by atoms with E-state index in [1.54, 1.807) is 11.3 Å². The largest absolute Gasteiger partial charge is 0.386 e. The maximum atomic E-state index is 9.91. The van der Waals surface area contributed by atoms with E-state index in [-0.39, 0.29) is 5.92 Å². The Morgan fingerprint density at radius 3 is 2.71 bits per heavy atom. The lowest BCUT2D eigenvalue weighted by Crippen LogP contribution is -2.09. The molecule has 2 nitrogen and oxygen atoms in total. The van der Waals surface area contributed by atoms with Crippen molar-refractivity contribution in [2.24, 2.45) is 5.92 Å². The Labute approximate surface area is 88.8 Å². The number of aryl methyl sites for hydroxylation is 1. The predicted molar refractivity (Wildman–Crippen MR) is 58.0 cm³/mol. The van der Waals surface area contributed by atoms with Crippen LogP contribution in [-0.2, 0) is 0 Å². The van der Waals surface area contributed by atoms with Crippen molar-refractivity contribution in [2.75, 3.05) is 0 Å². The van der Waals surface area contributed by atoms with Gasteiger partial charge in [0.2, 0.25) is 0 Å². The molecule has 1 rings (SSSR count). The van der Waals surface area contributed by atoms with Crippen LogP contribution in [0.25, 0.3) is 0 Å². The van der Waals surface area contributed by atoms with Gasteiger partial charge < -0.3 is 5.11 Å². The average molecular weight is 209 g/mol. The summed E-state index contributed by atoms with van der Waals surface area (Å²) >= 11 is 1.56. The highest BCUT2D eigenvalue weighted by atomic mass is 32.1. The van der Waals surface area contributed by atoms with Crippen molar-refractivity contribution >= 4 is 11.3 Å². The Bertz CT molecular complexity index is 326. The Kier molecular flexibility index (Phi) is 4.12. The quantitative estimate of drug-likeness (QED) is 0.828. The molecule has 1 aromatic rings. The first-order valence-corrected chi connectivity index (χ1v) is 5.64. The number of rotatable bonds is 4. The van der Waals surface area contributed by atoms with Gasteiger partial charge in [-0.25, -0.2) is 0 Å². The van der Waals surface area contributed by atoms with Gasteiger partial charge in [0, 0.05) is 9.75 Å². The fraction of sp³-hybridized carbons (Fsp3) is 0.545. The van der Waals surface area contributed by atoms with Crippen molar-refractivity contribution < 1.29 is 5.11 Å². The van der Waals surface area contributed by atoms with Crippen LogP contribution in [-0.4, -0.2) is 5.11 Å². The molecule has 0 aliphatic rings. The molecule has 0 bridgehead atoms. The third-order valence-corrected chi connectivity index (χ3v) is 3.27. The van der Waals surface area contributed by atoms with Gasteiger partial charge in [0.15, 0.2) is 0 Å². The number of aliphatic hydroxyl groups excluding tert-OH is 1. The van der Waals surface area contributed by atoms with Crippen molar-refractivity contribution in [1.29, 1.82) is 5.26 Å². The minimum absolute atomic E-state index is 0.266. The molecule has 0 aliphatic heterocycles. The summed E-state index contributed by atoms with van der Waals surface area (Å²) in [6.07, 6.45) is 1.08. The summed E-state index contributed by atoms with van der Waals surface area (Å²) in [6.45, 7) is 4.03. The Morgan fingerprint density at radius 1 is 1.57 bits per heavy atom. The molecule has 14 heavy (non-hydrogen) atoms. The first-order valence-electron chi connectivity index (χ1n) is 4.83. The highest BCUT2D eigenvalue weighted by Gasteiger charge is 2.20.